The summed E-state index contributed by atoms with van der Waals surface area (Å²) in [4.78, 5) is 0. The van der Waals surface area contributed by atoms with Crippen molar-refractivity contribution in [3.8, 4) is 5.75 Å². The minimum atomic E-state index is -0.471. The molecule has 0 amide bonds. The molecule has 15 heavy (non-hydrogen) atoms. The number of rotatable bonds is 6. The zero-order chi connectivity index (χ0) is 11.1. The van der Waals surface area contributed by atoms with Crippen molar-refractivity contribution in [2.24, 2.45) is 0 Å². The summed E-state index contributed by atoms with van der Waals surface area (Å²) in [7, 11) is 1.63. The summed E-state index contributed by atoms with van der Waals surface area (Å²) in [5.41, 5.74) is 1.01. The molecule has 0 bridgehead atoms. The Kier molecular flexibility index (Phi) is 5.15. The second kappa shape index (κ2) is 6.43. The average Bonchev–Trinajstić information content (AvgIpc) is 2.27. The van der Waals surface area contributed by atoms with Gasteiger partial charge in [0.15, 0.2) is 0 Å². The Morgan fingerprint density at radius 3 is 2.73 bits per heavy atom. The van der Waals surface area contributed by atoms with Crippen LogP contribution in [0.15, 0.2) is 24.3 Å². The smallest absolute Gasteiger partial charge is 0.122 e. The van der Waals surface area contributed by atoms with Crippen LogP contribution in [0.3, 0.4) is 0 Å². The monoisotopic (exact) mass is 210 g/mol. The third kappa shape index (κ3) is 3.90. The second-order valence-corrected chi connectivity index (χ2v) is 3.33. The number of aliphatic hydroxyl groups excluding tert-OH is 1. The van der Waals surface area contributed by atoms with E-state index in [-0.39, 0.29) is 0 Å². The maximum Gasteiger partial charge on any atom is 0.122 e. The summed E-state index contributed by atoms with van der Waals surface area (Å²) in [5, 5.41) is 9.67. The van der Waals surface area contributed by atoms with Crippen LogP contribution >= 0.6 is 0 Å². The van der Waals surface area contributed by atoms with Gasteiger partial charge in [0.1, 0.15) is 5.75 Å². The molecule has 1 N–H and O–H groups in total. The van der Waals surface area contributed by atoms with Crippen molar-refractivity contribution >= 4 is 0 Å². The van der Waals surface area contributed by atoms with Gasteiger partial charge in [-0.15, -0.1) is 0 Å². The Morgan fingerprint density at radius 1 is 1.33 bits per heavy atom. The van der Waals surface area contributed by atoms with Gasteiger partial charge in [0.2, 0.25) is 0 Å². The molecule has 1 unspecified atom stereocenters. The van der Waals surface area contributed by atoms with E-state index in [1.54, 1.807) is 7.11 Å². The highest BCUT2D eigenvalue weighted by Gasteiger charge is 2.08. The first-order valence-electron chi connectivity index (χ1n) is 5.15. The van der Waals surface area contributed by atoms with E-state index in [9.17, 15) is 5.11 Å². The molecule has 0 aliphatic rings. The van der Waals surface area contributed by atoms with Gasteiger partial charge in [-0.05, 0) is 18.6 Å². The second-order valence-electron chi connectivity index (χ2n) is 3.33. The van der Waals surface area contributed by atoms with Gasteiger partial charge in [-0.3, -0.25) is 0 Å². The lowest BCUT2D eigenvalue weighted by Gasteiger charge is -2.12. The van der Waals surface area contributed by atoms with E-state index in [1.807, 2.05) is 31.2 Å². The summed E-state index contributed by atoms with van der Waals surface area (Å²) in [6.45, 7) is 2.91. The van der Waals surface area contributed by atoms with E-state index < -0.39 is 6.10 Å². The van der Waals surface area contributed by atoms with Crippen LogP contribution in [0.25, 0.3) is 0 Å². The molecular weight excluding hydrogens is 192 g/mol. The van der Waals surface area contributed by atoms with E-state index in [0.29, 0.717) is 19.6 Å². The van der Waals surface area contributed by atoms with E-state index in [0.717, 1.165) is 11.3 Å². The molecule has 0 aliphatic heterocycles. The predicted molar refractivity (Wildman–Crippen MR) is 59.2 cm³/mol. The first-order chi connectivity index (χ1) is 7.27. The summed E-state index contributed by atoms with van der Waals surface area (Å²) in [6.07, 6.45) is 0.0885. The van der Waals surface area contributed by atoms with Gasteiger partial charge >= 0.3 is 0 Å². The van der Waals surface area contributed by atoms with Crippen molar-refractivity contribution in [3.63, 3.8) is 0 Å². The third-order valence-electron chi connectivity index (χ3n) is 2.16. The molecule has 0 saturated carbocycles. The van der Waals surface area contributed by atoms with Crippen LogP contribution in [0.5, 0.6) is 5.75 Å². The fraction of sp³-hybridized carbons (Fsp3) is 0.500. The maximum atomic E-state index is 9.67. The third-order valence-corrected chi connectivity index (χ3v) is 2.16. The average molecular weight is 210 g/mol. The Morgan fingerprint density at radius 2 is 2.07 bits per heavy atom. The van der Waals surface area contributed by atoms with Gasteiger partial charge < -0.3 is 14.6 Å². The first-order valence-corrected chi connectivity index (χ1v) is 5.15. The standard InChI is InChI=1S/C12H18O3/c1-3-15-9-11(13)8-10-6-4-5-7-12(10)14-2/h4-7,11,13H,3,8-9H2,1-2H3. The fourth-order valence-electron chi connectivity index (χ4n) is 1.44. The van der Waals surface area contributed by atoms with Gasteiger partial charge in [0, 0.05) is 13.0 Å². The molecule has 0 spiro atoms. The number of hydrogen-bond donors (Lipinski definition) is 1. The fourth-order valence-corrected chi connectivity index (χ4v) is 1.44. The van der Waals surface area contributed by atoms with E-state index in [1.165, 1.54) is 0 Å². The molecule has 1 aromatic carbocycles. The summed E-state index contributed by atoms with van der Waals surface area (Å²) < 4.78 is 10.3. The lowest BCUT2D eigenvalue weighted by Crippen LogP contribution is -2.18. The van der Waals surface area contributed by atoms with Crippen molar-refractivity contribution in [2.45, 2.75) is 19.4 Å². The van der Waals surface area contributed by atoms with Crippen LogP contribution in [0.1, 0.15) is 12.5 Å². The maximum absolute atomic E-state index is 9.67. The SMILES string of the molecule is CCOCC(O)Cc1ccccc1OC. The molecule has 1 aromatic rings. The molecule has 0 heterocycles. The molecule has 84 valence electrons. The largest absolute Gasteiger partial charge is 0.496 e. The topological polar surface area (TPSA) is 38.7 Å². The minimum absolute atomic E-state index is 0.370. The Hall–Kier alpha value is -1.06. The highest BCUT2D eigenvalue weighted by Crippen LogP contribution is 2.18. The first kappa shape index (κ1) is 12.0. The zero-order valence-electron chi connectivity index (χ0n) is 9.27. The molecule has 3 heteroatoms. The zero-order valence-corrected chi connectivity index (χ0v) is 9.27. The minimum Gasteiger partial charge on any atom is -0.496 e. The van der Waals surface area contributed by atoms with Gasteiger partial charge in [0.05, 0.1) is 19.8 Å². The van der Waals surface area contributed by atoms with Crippen LogP contribution in [0.2, 0.25) is 0 Å². The van der Waals surface area contributed by atoms with E-state index in [4.69, 9.17) is 9.47 Å². The number of para-hydroxylation sites is 1. The van der Waals surface area contributed by atoms with Crippen LogP contribution < -0.4 is 4.74 Å². The Labute approximate surface area is 90.6 Å². The van der Waals surface area contributed by atoms with Gasteiger partial charge in [0.25, 0.3) is 0 Å². The Balaban J connectivity index is 2.55. The van der Waals surface area contributed by atoms with Crippen LogP contribution in [-0.4, -0.2) is 31.5 Å². The lowest BCUT2D eigenvalue weighted by molar-refractivity contribution is 0.0427. The number of methoxy groups -OCH3 is 1. The summed E-state index contributed by atoms with van der Waals surface area (Å²) in [5.74, 6) is 0.813. The lowest BCUT2D eigenvalue weighted by atomic mass is 10.1. The highest BCUT2D eigenvalue weighted by molar-refractivity contribution is 5.33. The number of benzene rings is 1. The van der Waals surface area contributed by atoms with Crippen molar-refractivity contribution < 1.29 is 14.6 Å². The summed E-state index contributed by atoms with van der Waals surface area (Å²) >= 11 is 0. The molecule has 0 aromatic heterocycles. The molecule has 0 saturated heterocycles. The van der Waals surface area contributed by atoms with Gasteiger partial charge in [-0.1, -0.05) is 18.2 Å². The van der Waals surface area contributed by atoms with Crippen molar-refractivity contribution in [2.75, 3.05) is 20.3 Å². The molecule has 0 fully saturated rings. The number of hydrogen-bond acceptors (Lipinski definition) is 3. The molecule has 1 atom stereocenters. The van der Waals surface area contributed by atoms with Gasteiger partial charge in [-0.2, -0.15) is 0 Å². The number of aliphatic hydroxyl groups is 1. The van der Waals surface area contributed by atoms with Crippen LogP contribution in [0.4, 0.5) is 0 Å². The van der Waals surface area contributed by atoms with Crippen molar-refractivity contribution in [1.82, 2.24) is 0 Å². The van der Waals surface area contributed by atoms with Gasteiger partial charge in [-0.25, -0.2) is 0 Å². The summed E-state index contributed by atoms with van der Waals surface area (Å²) in [6, 6.07) is 7.69. The molecule has 0 radical (unpaired) electrons. The van der Waals surface area contributed by atoms with E-state index >= 15 is 0 Å². The predicted octanol–water partition coefficient (Wildman–Crippen LogP) is 1.64. The number of ether oxygens (including phenoxy) is 2. The quantitative estimate of drug-likeness (QED) is 0.775. The molecule has 1 rings (SSSR count). The molecule has 0 aliphatic carbocycles. The van der Waals surface area contributed by atoms with Crippen molar-refractivity contribution in [3.05, 3.63) is 29.8 Å². The molecular formula is C12H18O3. The normalized spacial score (nSPS) is 12.5. The van der Waals surface area contributed by atoms with Crippen LogP contribution in [0, 0.1) is 0 Å². The highest BCUT2D eigenvalue weighted by atomic mass is 16.5. The van der Waals surface area contributed by atoms with Crippen molar-refractivity contribution in [1.29, 1.82) is 0 Å². The molecule has 3 nitrogen and oxygen atoms in total. The Bertz CT molecular complexity index is 286. The van der Waals surface area contributed by atoms with E-state index in [2.05, 4.69) is 0 Å². The van der Waals surface area contributed by atoms with Crippen LogP contribution in [-0.2, 0) is 11.2 Å².